The van der Waals surface area contributed by atoms with E-state index < -0.39 is 35.5 Å². The van der Waals surface area contributed by atoms with Crippen LogP contribution >= 0.6 is 0 Å². The minimum atomic E-state index is -0.840. The first-order chi connectivity index (χ1) is 10.5. The van der Waals surface area contributed by atoms with Crippen LogP contribution in [-0.4, -0.2) is 35.5 Å². The minimum Gasteiger partial charge on any atom is -0.458 e. The summed E-state index contributed by atoms with van der Waals surface area (Å²) in [5, 5.41) is 13.4. The van der Waals surface area contributed by atoms with E-state index in [1.54, 1.807) is 26.8 Å². The van der Waals surface area contributed by atoms with Gasteiger partial charge in [-0.2, -0.15) is 5.26 Å². The average molecular weight is 325 g/mol. The number of esters is 1. The fourth-order valence-electron chi connectivity index (χ4n) is 1.78. The predicted molar refractivity (Wildman–Crippen MR) is 85.1 cm³/mol. The van der Waals surface area contributed by atoms with E-state index in [0.717, 1.165) is 0 Å². The van der Waals surface area contributed by atoms with Gasteiger partial charge < -0.3 is 15.4 Å². The molecule has 130 valence electrons. The van der Waals surface area contributed by atoms with Crippen LogP contribution in [0.4, 0.5) is 0 Å². The highest BCUT2D eigenvalue weighted by Gasteiger charge is 2.29. The Bertz CT molecular complexity index is 475. The molecule has 2 N–H and O–H groups in total. The lowest BCUT2D eigenvalue weighted by Crippen LogP contribution is -2.51. The number of carbonyl (C=O) groups is 3. The molecule has 0 saturated carbocycles. The third kappa shape index (κ3) is 9.51. The van der Waals surface area contributed by atoms with Crippen LogP contribution in [0.1, 0.15) is 54.4 Å². The van der Waals surface area contributed by atoms with Crippen LogP contribution < -0.4 is 10.6 Å². The first kappa shape index (κ1) is 20.9. The van der Waals surface area contributed by atoms with Crippen molar-refractivity contribution in [1.29, 1.82) is 5.26 Å². The molecule has 0 fully saturated rings. The van der Waals surface area contributed by atoms with E-state index in [0.29, 0.717) is 6.42 Å². The Labute approximate surface area is 137 Å². The molecule has 0 unspecified atom stereocenters. The molecule has 0 bridgehead atoms. The smallest absolute Gasteiger partial charge is 0.329 e. The third-order valence-corrected chi connectivity index (χ3v) is 2.73. The zero-order valence-corrected chi connectivity index (χ0v) is 14.7. The highest BCUT2D eigenvalue weighted by molar-refractivity contribution is 5.90. The first-order valence-corrected chi connectivity index (χ1v) is 7.65. The molecule has 2 amide bonds. The van der Waals surface area contributed by atoms with Crippen LogP contribution in [-0.2, 0) is 19.1 Å². The van der Waals surface area contributed by atoms with Gasteiger partial charge in [0.25, 0.3) is 0 Å². The summed E-state index contributed by atoms with van der Waals surface area (Å²) < 4.78 is 5.32. The first-order valence-electron chi connectivity index (χ1n) is 7.65. The fraction of sp³-hybridized carbons (Fsp3) is 0.750. The number of hydrogen-bond donors (Lipinski definition) is 2. The molecule has 0 aromatic rings. The molecule has 0 rings (SSSR count). The second kappa shape index (κ2) is 9.13. The molecule has 0 aliphatic heterocycles. The Balaban J connectivity index is 4.82. The summed E-state index contributed by atoms with van der Waals surface area (Å²) in [7, 11) is 0. The van der Waals surface area contributed by atoms with Gasteiger partial charge in [0.1, 0.15) is 24.1 Å². The van der Waals surface area contributed by atoms with E-state index in [-0.39, 0.29) is 12.3 Å². The van der Waals surface area contributed by atoms with Crippen LogP contribution in [0.2, 0.25) is 0 Å². The van der Waals surface area contributed by atoms with Crippen LogP contribution in [0.25, 0.3) is 0 Å². The van der Waals surface area contributed by atoms with Crippen LogP contribution in [0.15, 0.2) is 0 Å². The summed E-state index contributed by atoms with van der Waals surface area (Å²) in [4.78, 5) is 35.7. The van der Waals surface area contributed by atoms with Gasteiger partial charge in [-0.25, -0.2) is 4.79 Å². The summed E-state index contributed by atoms with van der Waals surface area (Å²) in [6.45, 7) is 10.6. The Morgan fingerprint density at radius 1 is 1.13 bits per heavy atom. The lowest BCUT2D eigenvalue weighted by atomic mass is 10.0. The van der Waals surface area contributed by atoms with Crippen molar-refractivity contribution in [2.75, 3.05) is 0 Å². The lowest BCUT2D eigenvalue weighted by Gasteiger charge is -2.26. The van der Waals surface area contributed by atoms with E-state index in [9.17, 15) is 14.4 Å². The number of carbonyl (C=O) groups excluding carboxylic acids is 3. The number of hydrogen-bond acceptors (Lipinski definition) is 5. The quantitative estimate of drug-likeness (QED) is 0.685. The van der Waals surface area contributed by atoms with Crippen molar-refractivity contribution in [3.05, 3.63) is 0 Å². The maximum Gasteiger partial charge on any atom is 0.329 e. The van der Waals surface area contributed by atoms with Gasteiger partial charge in [-0.1, -0.05) is 13.8 Å². The van der Waals surface area contributed by atoms with Gasteiger partial charge >= 0.3 is 5.97 Å². The number of amides is 2. The summed E-state index contributed by atoms with van der Waals surface area (Å²) in [6, 6.07) is 0.0844. The largest absolute Gasteiger partial charge is 0.458 e. The molecule has 0 saturated heterocycles. The minimum absolute atomic E-state index is 0.177. The van der Waals surface area contributed by atoms with Gasteiger partial charge in [-0.05, 0) is 40.0 Å². The monoisotopic (exact) mass is 325 g/mol. The summed E-state index contributed by atoms with van der Waals surface area (Å²) in [6.07, 6.45) is 0.110. The summed E-state index contributed by atoms with van der Waals surface area (Å²) >= 11 is 0. The SMILES string of the molecule is CC(C)C[C@H](NC(=O)[C@H](C)NC(=O)CC#N)C(=O)OC(C)(C)C. The normalized spacial score (nSPS) is 13.7. The fourth-order valence-corrected chi connectivity index (χ4v) is 1.78. The topological polar surface area (TPSA) is 108 Å². The zero-order chi connectivity index (χ0) is 18.2. The van der Waals surface area contributed by atoms with Crippen LogP contribution in [0, 0.1) is 17.2 Å². The van der Waals surface area contributed by atoms with Gasteiger partial charge in [0.2, 0.25) is 11.8 Å². The van der Waals surface area contributed by atoms with Crippen LogP contribution in [0.5, 0.6) is 0 Å². The Morgan fingerprint density at radius 2 is 1.70 bits per heavy atom. The second-order valence-electron chi connectivity index (χ2n) is 6.85. The Hall–Kier alpha value is -2.10. The van der Waals surface area contributed by atoms with Gasteiger partial charge in [0.15, 0.2) is 0 Å². The maximum atomic E-state index is 12.2. The van der Waals surface area contributed by atoms with E-state index in [1.807, 2.05) is 13.8 Å². The van der Waals surface area contributed by atoms with Crippen molar-refractivity contribution in [2.24, 2.45) is 5.92 Å². The highest BCUT2D eigenvalue weighted by atomic mass is 16.6. The Kier molecular flexibility index (Phi) is 8.30. The zero-order valence-electron chi connectivity index (χ0n) is 14.7. The summed E-state index contributed by atoms with van der Waals surface area (Å²) in [5.41, 5.74) is -0.649. The third-order valence-electron chi connectivity index (χ3n) is 2.73. The van der Waals surface area contributed by atoms with Crippen molar-refractivity contribution in [2.45, 2.75) is 72.1 Å². The van der Waals surface area contributed by atoms with E-state index in [1.165, 1.54) is 6.92 Å². The number of nitrogens with one attached hydrogen (secondary N) is 2. The number of nitriles is 1. The number of nitrogens with zero attached hydrogens (tertiary/aromatic N) is 1. The summed E-state index contributed by atoms with van der Waals surface area (Å²) in [5.74, 6) is -1.35. The predicted octanol–water partition coefficient (Wildman–Crippen LogP) is 1.28. The molecule has 0 aromatic heterocycles. The van der Waals surface area contributed by atoms with Crippen molar-refractivity contribution in [1.82, 2.24) is 10.6 Å². The van der Waals surface area contributed by atoms with Crippen LogP contribution in [0.3, 0.4) is 0 Å². The molecule has 0 radical (unpaired) electrons. The molecule has 7 heteroatoms. The maximum absolute atomic E-state index is 12.2. The number of ether oxygens (including phenoxy) is 1. The lowest BCUT2D eigenvalue weighted by molar-refractivity contribution is -0.159. The molecular weight excluding hydrogens is 298 g/mol. The Morgan fingerprint density at radius 3 is 2.13 bits per heavy atom. The molecule has 23 heavy (non-hydrogen) atoms. The van der Waals surface area contributed by atoms with E-state index >= 15 is 0 Å². The molecular formula is C16H27N3O4. The molecule has 0 heterocycles. The average Bonchev–Trinajstić information content (AvgIpc) is 2.35. The molecule has 0 spiro atoms. The van der Waals surface area contributed by atoms with Crippen molar-refractivity contribution >= 4 is 17.8 Å². The van der Waals surface area contributed by atoms with Gasteiger partial charge in [-0.3, -0.25) is 9.59 Å². The van der Waals surface area contributed by atoms with Crippen molar-refractivity contribution < 1.29 is 19.1 Å². The van der Waals surface area contributed by atoms with Gasteiger partial charge in [0, 0.05) is 0 Å². The van der Waals surface area contributed by atoms with Crippen molar-refractivity contribution in [3.63, 3.8) is 0 Å². The molecule has 0 aromatic carbocycles. The highest BCUT2D eigenvalue weighted by Crippen LogP contribution is 2.13. The molecule has 0 aliphatic carbocycles. The molecule has 7 nitrogen and oxygen atoms in total. The molecule has 0 aliphatic rings. The molecule has 2 atom stereocenters. The second-order valence-corrected chi connectivity index (χ2v) is 6.85. The van der Waals surface area contributed by atoms with Crippen molar-refractivity contribution in [3.8, 4) is 6.07 Å². The number of rotatable bonds is 7. The van der Waals surface area contributed by atoms with E-state index in [4.69, 9.17) is 10.00 Å². The van der Waals surface area contributed by atoms with Gasteiger partial charge in [0.05, 0.1) is 6.07 Å². The standard InChI is InChI=1S/C16H27N3O4/c1-10(2)9-12(15(22)23-16(4,5)6)19-14(21)11(3)18-13(20)7-8-17/h10-12H,7,9H2,1-6H3,(H,18,20)(H,19,21)/t11-,12-/m0/s1. The van der Waals surface area contributed by atoms with Gasteiger partial charge in [-0.15, -0.1) is 0 Å². The van der Waals surface area contributed by atoms with E-state index in [2.05, 4.69) is 10.6 Å².